The number of rotatable bonds is 4. The summed E-state index contributed by atoms with van der Waals surface area (Å²) in [7, 11) is 0. The van der Waals surface area contributed by atoms with Crippen molar-refractivity contribution in [3.05, 3.63) is 24.3 Å². The number of benzene rings is 1. The predicted octanol–water partition coefficient (Wildman–Crippen LogP) is 3.59. The highest BCUT2D eigenvalue weighted by Crippen LogP contribution is 2.36. The quantitative estimate of drug-likeness (QED) is 0.784. The zero-order valence-electron chi connectivity index (χ0n) is 14.5. The van der Waals surface area contributed by atoms with Gasteiger partial charge in [0.25, 0.3) is 0 Å². The molecule has 0 saturated heterocycles. The number of hydrogen-bond donors (Lipinski definition) is 3. The topological polar surface area (TPSA) is 89.8 Å². The largest absolute Gasteiger partial charge is 0.383 e. The Hall–Kier alpha value is -1.59. The van der Waals surface area contributed by atoms with Crippen molar-refractivity contribution in [1.82, 2.24) is 9.97 Å². The van der Waals surface area contributed by atoms with E-state index in [4.69, 9.17) is 11.5 Å². The summed E-state index contributed by atoms with van der Waals surface area (Å²) in [5, 5.41) is 4.42. The lowest BCUT2D eigenvalue weighted by Crippen LogP contribution is -2.42. The van der Waals surface area contributed by atoms with Crippen molar-refractivity contribution >= 4 is 35.1 Å². The number of fused-ring (bicyclic) bond motifs is 1. The summed E-state index contributed by atoms with van der Waals surface area (Å²) in [4.78, 5) is 9.07. The van der Waals surface area contributed by atoms with Gasteiger partial charge in [0.05, 0.1) is 5.52 Å². The maximum atomic E-state index is 6.09. The first-order valence-electron chi connectivity index (χ1n) is 8.50. The highest BCUT2D eigenvalue weighted by Gasteiger charge is 2.33. The van der Waals surface area contributed by atoms with Gasteiger partial charge in [0, 0.05) is 10.9 Å². The molecule has 0 unspecified atom stereocenters. The first kappa shape index (κ1) is 18.7. The molecule has 1 saturated carbocycles. The molecule has 1 aromatic carbocycles. The fourth-order valence-corrected chi connectivity index (χ4v) is 3.67. The summed E-state index contributed by atoms with van der Waals surface area (Å²) in [6.07, 6.45) is 4.83. The van der Waals surface area contributed by atoms with Crippen molar-refractivity contribution < 1.29 is 0 Å². The minimum absolute atomic E-state index is 0. The van der Waals surface area contributed by atoms with Crippen molar-refractivity contribution in [1.29, 1.82) is 0 Å². The smallest absolute Gasteiger partial charge is 0.225 e. The van der Waals surface area contributed by atoms with Gasteiger partial charge in [0.1, 0.15) is 5.82 Å². The molecule has 132 valence electrons. The van der Waals surface area contributed by atoms with Crippen molar-refractivity contribution in [2.75, 3.05) is 17.6 Å². The van der Waals surface area contributed by atoms with Crippen LogP contribution in [0.3, 0.4) is 0 Å². The lowest BCUT2D eigenvalue weighted by Gasteiger charge is -2.39. The molecule has 1 aromatic heterocycles. The van der Waals surface area contributed by atoms with Crippen LogP contribution >= 0.6 is 12.4 Å². The highest BCUT2D eigenvalue weighted by atomic mass is 35.5. The standard InChI is InChI=1S/C18H27N5.ClH/c1-18(2,13-9-7-12(11-19)8-10-13)23-17-21-15-6-4-3-5-14(15)16(20)22-17;/h3-6,12-13H,7-11,19H2,1-2H3,(H3,20,21,22,23);1H. The maximum Gasteiger partial charge on any atom is 0.225 e. The second kappa shape index (κ2) is 7.53. The Morgan fingerprint density at radius 2 is 1.79 bits per heavy atom. The van der Waals surface area contributed by atoms with Crippen LogP contribution in [0.4, 0.5) is 11.8 Å². The number of aromatic nitrogens is 2. The molecule has 1 heterocycles. The van der Waals surface area contributed by atoms with Crippen LogP contribution in [0, 0.1) is 11.8 Å². The summed E-state index contributed by atoms with van der Waals surface area (Å²) in [6, 6.07) is 7.85. The van der Waals surface area contributed by atoms with Gasteiger partial charge < -0.3 is 16.8 Å². The van der Waals surface area contributed by atoms with Crippen molar-refractivity contribution in [3.63, 3.8) is 0 Å². The fourth-order valence-electron chi connectivity index (χ4n) is 3.67. The first-order valence-corrected chi connectivity index (χ1v) is 8.50. The van der Waals surface area contributed by atoms with Gasteiger partial charge in [-0.25, -0.2) is 4.98 Å². The molecule has 0 aliphatic heterocycles. The molecule has 24 heavy (non-hydrogen) atoms. The molecule has 1 fully saturated rings. The van der Waals surface area contributed by atoms with Gasteiger partial charge in [0.2, 0.25) is 5.95 Å². The Morgan fingerprint density at radius 1 is 1.12 bits per heavy atom. The third kappa shape index (κ3) is 3.90. The molecule has 1 aliphatic rings. The van der Waals surface area contributed by atoms with E-state index in [1.54, 1.807) is 0 Å². The average molecular weight is 350 g/mol. The molecule has 0 spiro atoms. The second-order valence-corrected chi connectivity index (χ2v) is 7.25. The van der Waals surface area contributed by atoms with E-state index in [0.717, 1.165) is 17.4 Å². The normalized spacial score (nSPS) is 21.3. The Balaban J connectivity index is 0.00000208. The van der Waals surface area contributed by atoms with Gasteiger partial charge in [-0.3, -0.25) is 0 Å². The molecule has 3 rings (SSSR count). The van der Waals surface area contributed by atoms with Gasteiger partial charge in [-0.1, -0.05) is 12.1 Å². The van der Waals surface area contributed by atoms with Crippen LogP contribution in [0.5, 0.6) is 0 Å². The van der Waals surface area contributed by atoms with Gasteiger partial charge in [0.15, 0.2) is 0 Å². The Morgan fingerprint density at radius 3 is 2.46 bits per heavy atom. The Labute approximate surface area is 150 Å². The number of nitrogens with two attached hydrogens (primary N) is 2. The van der Waals surface area contributed by atoms with E-state index in [1.807, 2.05) is 24.3 Å². The summed E-state index contributed by atoms with van der Waals surface area (Å²) in [6.45, 7) is 5.27. The van der Waals surface area contributed by atoms with E-state index >= 15 is 0 Å². The van der Waals surface area contributed by atoms with Crippen molar-refractivity contribution in [3.8, 4) is 0 Å². The van der Waals surface area contributed by atoms with E-state index in [-0.39, 0.29) is 17.9 Å². The van der Waals surface area contributed by atoms with Crippen molar-refractivity contribution in [2.45, 2.75) is 45.1 Å². The molecular weight excluding hydrogens is 322 g/mol. The van der Waals surface area contributed by atoms with E-state index in [0.29, 0.717) is 23.6 Å². The fraction of sp³-hybridized carbons (Fsp3) is 0.556. The zero-order valence-corrected chi connectivity index (χ0v) is 15.3. The molecule has 0 radical (unpaired) electrons. The molecule has 0 atom stereocenters. The third-order valence-electron chi connectivity index (χ3n) is 5.27. The minimum atomic E-state index is -0.0610. The third-order valence-corrected chi connectivity index (χ3v) is 5.27. The van der Waals surface area contributed by atoms with Crippen LogP contribution in [0.1, 0.15) is 39.5 Å². The predicted molar refractivity (Wildman–Crippen MR) is 103 cm³/mol. The number of para-hydroxylation sites is 1. The van der Waals surface area contributed by atoms with Crippen LogP contribution < -0.4 is 16.8 Å². The zero-order chi connectivity index (χ0) is 16.4. The number of halogens is 1. The molecule has 5 N–H and O–H groups in total. The molecule has 0 bridgehead atoms. The molecule has 1 aliphatic carbocycles. The number of hydrogen-bond acceptors (Lipinski definition) is 5. The maximum absolute atomic E-state index is 6.09. The number of nitrogens with zero attached hydrogens (tertiary/aromatic N) is 2. The minimum Gasteiger partial charge on any atom is -0.383 e. The molecule has 5 nitrogen and oxygen atoms in total. The van der Waals surface area contributed by atoms with E-state index < -0.39 is 0 Å². The van der Waals surface area contributed by atoms with Crippen molar-refractivity contribution in [2.24, 2.45) is 17.6 Å². The summed E-state index contributed by atoms with van der Waals surface area (Å²) in [5.41, 5.74) is 12.7. The number of nitrogens with one attached hydrogen (secondary N) is 1. The van der Waals surface area contributed by atoms with E-state index in [9.17, 15) is 0 Å². The van der Waals surface area contributed by atoms with Gasteiger partial charge >= 0.3 is 0 Å². The van der Waals surface area contributed by atoms with E-state index in [2.05, 4.69) is 29.1 Å². The monoisotopic (exact) mass is 349 g/mol. The summed E-state index contributed by atoms with van der Waals surface area (Å²) in [5.74, 6) is 2.43. The Kier molecular flexibility index (Phi) is 5.88. The van der Waals surface area contributed by atoms with Crippen LogP contribution in [0.15, 0.2) is 24.3 Å². The molecule has 0 amide bonds. The van der Waals surface area contributed by atoms with Gasteiger partial charge in [-0.05, 0) is 70.0 Å². The lowest BCUT2D eigenvalue weighted by molar-refractivity contribution is 0.213. The SMILES string of the molecule is CC(C)(Nc1nc(N)c2ccccc2n1)C1CCC(CN)CC1.Cl. The van der Waals surface area contributed by atoms with Crippen LogP contribution in [0.25, 0.3) is 10.9 Å². The number of anilines is 2. The van der Waals surface area contributed by atoms with Gasteiger partial charge in [-0.2, -0.15) is 4.98 Å². The Bertz CT molecular complexity index is 680. The number of nitrogen functional groups attached to an aromatic ring is 1. The summed E-state index contributed by atoms with van der Waals surface area (Å²) >= 11 is 0. The highest BCUT2D eigenvalue weighted by molar-refractivity contribution is 5.88. The first-order chi connectivity index (χ1) is 11.0. The summed E-state index contributed by atoms with van der Waals surface area (Å²) < 4.78 is 0. The van der Waals surface area contributed by atoms with Crippen LogP contribution in [-0.2, 0) is 0 Å². The molecule has 6 heteroatoms. The second-order valence-electron chi connectivity index (χ2n) is 7.25. The average Bonchev–Trinajstić information content (AvgIpc) is 2.54. The van der Waals surface area contributed by atoms with Crippen LogP contribution in [-0.4, -0.2) is 22.1 Å². The lowest BCUT2D eigenvalue weighted by atomic mass is 9.73. The molecular formula is C18H28ClN5. The van der Waals surface area contributed by atoms with Gasteiger partial charge in [-0.15, -0.1) is 12.4 Å². The molecule has 2 aromatic rings. The van der Waals surface area contributed by atoms with E-state index in [1.165, 1.54) is 25.7 Å². The van der Waals surface area contributed by atoms with Crippen LogP contribution in [0.2, 0.25) is 0 Å².